The normalized spacial score (nSPS) is 26.8. The summed E-state index contributed by atoms with van der Waals surface area (Å²) in [4.78, 5) is 0. The first kappa shape index (κ1) is 8.75. The molecule has 1 aliphatic rings. The summed E-state index contributed by atoms with van der Waals surface area (Å²) < 4.78 is 2.10. The Morgan fingerprint density at radius 2 is 2.38 bits per heavy atom. The van der Waals surface area contributed by atoms with E-state index in [1.165, 1.54) is 5.69 Å². The minimum absolute atomic E-state index is 0.377. The molecule has 1 saturated carbocycles. The Balaban J connectivity index is 2.12. The molecule has 1 aliphatic carbocycles. The average Bonchev–Trinajstić information content (AvgIpc) is 2.60. The molecule has 0 bridgehead atoms. The summed E-state index contributed by atoms with van der Waals surface area (Å²) in [5, 5.41) is 4.31. The van der Waals surface area contributed by atoms with Gasteiger partial charge in [-0.3, -0.25) is 4.68 Å². The van der Waals surface area contributed by atoms with Crippen LogP contribution in [0.15, 0.2) is 12.3 Å². The van der Waals surface area contributed by atoms with Gasteiger partial charge in [0.25, 0.3) is 0 Å². The number of nitrogens with zero attached hydrogens (tertiary/aromatic N) is 2. The van der Waals surface area contributed by atoms with Gasteiger partial charge in [0, 0.05) is 30.4 Å². The highest BCUT2D eigenvalue weighted by atomic mass is 15.3. The first-order valence-corrected chi connectivity index (χ1v) is 4.95. The first-order chi connectivity index (χ1) is 6.18. The fourth-order valence-electron chi connectivity index (χ4n) is 1.71. The van der Waals surface area contributed by atoms with Crippen molar-refractivity contribution in [2.45, 2.75) is 38.8 Å². The van der Waals surface area contributed by atoms with Crippen molar-refractivity contribution >= 4 is 0 Å². The third kappa shape index (κ3) is 1.75. The lowest BCUT2D eigenvalue weighted by Crippen LogP contribution is -2.11. The molecule has 1 aromatic heterocycles. The van der Waals surface area contributed by atoms with Crippen molar-refractivity contribution in [3.05, 3.63) is 18.0 Å². The van der Waals surface area contributed by atoms with Gasteiger partial charge in [-0.05, 0) is 18.4 Å². The van der Waals surface area contributed by atoms with Crippen LogP contribution in [0.4, 0.5) is 0 Å². The molecular weight excluding hydrogens is 162 g/mol. The van der Waals surface area contributed by atoms with Gasteiger partial charge in [0.05, 0.1) is 0 Å². The summed E-state index contributed by atoms with van der Waals surface area (Å²) in [5.74, 6) is 1.22. The maximum Gasteiger partial charge on any atom is 0.0492 e. The summed E-state index contributed by atoms with van der Waals surface area (Å²) in [5.41, 5.74) is 7.14. The lowest BCUT2D eigenvalue weighted by atomic mass is 10.2. The Morgan fingerprint density at radius 3 is 2.92 bits per heavy atom. The van der Waals surface area contributed by atoms with Crippen LogP contribution in [-0.4, -0.2) is 15.8 Å². The Bertz CT molecular complexity index is 290. The topological polar surface area (TPSA) is 43.8 Å². The van der Waals surface area contributed by atoms with E-state index in [1.807, 2.05) is 6.20 Å². The van der Waals surface area contributed by atoms with Gasteiger partial charge in [-0.15, -0.1) is 0 Å². The molecule has 2 atom stereocenters. The van der Waals surface area contributed by atoms with E-state index < -0.39 is 0 Å². The van der Waals surface area contributed by atoms with Gasteiger partial charge in [-0.1, -0.05) is 13.8 Å². The Labute approximate surface area is 78.9 Å². The second kappa shape index (κ2) is 3.14. The van der Waals surface area contributed by atoms with Crippen molar-refractivity contribution in [3.8, 4) is 0 Å². The van der Waals surface area contributed by atoms with Crippen LogP contribution in [-0.2, 0) is 6.54 Å². The largest absolute Gasteiger partial charge is 0.327 e. The zero-order valence-corrected chi connectivity index (χ0v) is 8.27. The lowest BCUT2D eigenvalue weighted by molar-refractivity contribution is 0.468. The summed E-state index contributed by atoms with van der Waals surface area (Å²) >= 11 is 0. The molecule has 0 unspecified atom stereocenters. The second-order valence-corrected chi connectivity index (χ2v) is 4.34. The highest BCUT2D eigenvalue weighted by molar-refractivity contribution is 5.19. The van der Waals surface area contributed by atoms with Crippen LogP contribution < -0.4 is 5.73 Å². The molecule has 0 aromatic carbocycles. The van der Waals surface area contributed by atoms with E-state index in [4.69, 9.17) is 5.73 Å². The predicted molar refractivity (Wildman–Crippen MR) is 52.4 cm³/mol. The molecule has 0 radical (unpaired) electrons. The number of rotatable bonds is 3. The molecule has 2 rings (SSSR count). The molecule has 72 valence electrons. The van der Waals surface area contributed by atoms with E-state index >= 15 is 0 Å². The van der Waals surface area contributed by atoms with Crippen LogP contribution in [0.3, 0.4) is 0 Å². The maximum atomic E-state index is 5.82. The Morgan fingerprint density at radius 1 is 1.69 bits per heavy atom. The average molecular weight is 179 g/mol. The fourth-order valence-corrected chi connectivity index (χ4v) is 1.71. The zero-order chi connectivity index (χ0) is 9.42. The SMILES string of the molecule is CC(C)Cn1nccc1[C@H]1C[C@H]1N. The van der Waals surface area contributed by atoms with Crippen LogP contribution in [0.1, 0.15) is 31.9 Å². The molecule has 3 heteroatoms. The molecule has 3 nitrogen and oxygen atoms in total. The van der Waals surface area contributed by atoms with E-state index in [-0.39, 0.29) is 0 Å². The van der Waals surface area contributed by atoms with Crippen molar-refractivity contribution in [2.24, 2.45) is 11.7 Å². The standard InChI is InChI=1S/C10H17N3/c1-7(2)6-13-10(3-4-12-13)8-5-9(8)11/h3-4,7-9H,5-6,11H2,1-2H3/t8-,9+/m0/s1. The summed E-state index contributed by atoms with van der Waals surface area (Å²) in [6.45, 7) is 5.42. The van der Waals surface area contributed by atoms with Crippen LogP contribution in [0.5, 0.6) is 0 Å². The van der Waals surface area contributed by atoms with Gasteiger partial charge in [0.2, 0.25) is 0 Å². The molecule has 0 aliphatic heterocycles. The zero-order valence-electron chi connectivity index (χ0n) is 8.27. The highest BCUT2D eigenvalue weighted by Gasteiger charge is 2.37. The molecule has 1 heterocycles. The monoisotopic (exact) mass is 179 g/mol. The summed E-state index contributed by atoms with van der Waals surface area (Å²) in [6.07, 6.45) is 3.01. The van der Waals surface area contributed by atoms with Crippen LogP contribution in [0, 0.1) is 5.92 Å². The molecule has 1 fully saturated rings. The van der Waals surface area contributed by atoms with Crippen molar-refractivity contribution in [2.75, 3.05) is 0 Å². The summed E-state index contributed by atoms with van der Waals surface area (Å²) in [6, 6.07) is 2.47. The van der Waals surface area contributed by atoms with Gasteiger partial charge in [-0.2, -0.15) is 5.10 Å². The number of nitrogens with two attached hydrogens (primary N) is 1. The minimum Gasteiger partial charge on any atom is -0.327 e. The van der Waals surface area contributed by atoms with Crippen molar-refractivity contribution in [3.63, 3.8) is 0 Å². The number of aromatic nitrogens is 2. The Hall–Kier alpha value is -0.830. The maximum absolute atomic E-state index is 5.82. The third-order valence-corrected chi connectivity index (χ3v) is 2.51. The van der Waals surface area contributed by atoms with Gasteiger partial charge >= 0.3 is 0 Å². The van der Waals surface area contributed by atoms with Gasteiger partial charge in [0.15, 0.2) is 0 Å². The van der Waals surface area contributed by atoms with E-state index in [9.17, 15) is 0 Å². The molecule has 0 amide bonds. The minimum atomic E-state index is 0.377. The fraction of sp³-hybridized carbons (Fsp3) is 0.700. The highest BCUT2D eigenvalue weighted by Crippen LogP contribution is 2.38. The van der Waals surface area contributed by atoms with Gasteiger partial charge < -0.3 is 5.73 Å². The van der Waals surface area contributed by atoms with Crippen LogP contribution in [0.25, 0.3) is 0 Å². The molecule has 0 saturated heterocycles. The van der Waals surface area contributed by atoms with Gasteiger partial charge in [-0.25, -0.2) is 0 Å². The van der Waals surface area contributed by atoms with Crippen LogP contribution in [0.2, 0.25) is 0 Å². The van der Waals surface area contributed by atoms with Crippen molar-refractivity contribution in [1.29, 1.82) is 0 Å². The van der Waals surface area contributed by atoms with E-state index in [0.29, 0.717) is 17.9 Å². The number of hydrogen-bond acceptors (Lipinski definition) is 2. The molecule has 2 N–H and O–H groups in total. The summed E-state index contributed by atoms with van der Waals surface area (Å²) in [7, 11) is 0. The lowest BCUT2D eigenvalue weighted by Gasteiger charge is -2.08. The van der Waals surface area contributed by atoms with Crippen LogP contribution >= 0.6 is 0 Å². The molecule has 1 aromatic rings. The van der Waals surface area contributed by atoms with E-state index in [2.05, 4.69) is 29.7 Å². The van der Waals surface area contributed by atoms with Crippen molar-refractivity contribution < 1.29 is 0 Å². The predicted octanol–water partition coefficient (Wildman–Crippen LogP) is 1.35. The molecular formula is C10H17N3. The smallest absolute Gasteiger partial charge is 0.0492 e. The Kier molecular flexibility index (Phi) is 2.12. The quantitative estimate of drug-likeness (QED) is 0.761. The van der Waals surface area contributed by atoms with Crippen molar-refractivity contribution in [1.82, 2.24) is 9.78 Å². The van der Waals surface area contributed by atoms with E-state index in [1.54, 1.807) is 0 Å². The second-order valence-electron chi connectivity index (χ2n) is 4.34. The molecule has 0 spiro atoms. The van der Waals surface area contributed by atoms with E-state index in [0.717, 1.165) is 13.0 Å². The number of hydrogen-bond donors (Lipinski definition) is 1. The third-order valence-electron chi connectivity index (χ3n) is 2.51. The first-order valence-electron chi connectivity index (χ1n) is 4.95. The molecule has 13 heavy (non-hydrogen) atoms. The van der Waals surface area contributed by atoms with Gasteiger partial charge in [0.1, 0.15) is 0 Å².